The Balaban J connectivity index is 0.000000400. The molecular formula is C88H130O11Si15. The van der Waals surface area contributed by atoms with Crippen LogP contribution in [0.3, 0.4) is 0 Å². The molecule has 114 heavy (non-hydrogen) atoms. The maximum Gasteiger partial charge on any atom is 0.388 e. The Hall–Kier alpha value is -6.55. The second-order valence-corrected chi connectivity index (χ2v) is 82.5. The summed E-state index contributed by atoms with van der Waals surface area (Å²) in [5.41, 5.74) is 33.1. The molecule has 0 aliphatic rings. The van der Waals surface area contributed by atoms with Gasteiger partial charge in [-0.3, -0.25) is 0 Å². The van der Waals surface area contributed by atoms with Crippen LogP contribution in [0.2, 0.25) is 90.7 Å². The van der Waals surface area contributed by atoms with Crippen LogP contribution in [0.15, 0.2) is 403 Å². The quantitative estimate of drug-likeness (QED) is 0.0341. The van der Waals surface area contributed by atoms with Crippen molar-refractivity contribution in [3.63, 3.8) is 0 Å². The molecule has 0 saturated carbocycles. The van der Waals surface area contributed by atoms with Crippen LogP contribution in [-0.4, -0.2) is 126 Å². The van der Waals surface area contributed by atoms with E-state index < -0.39 is 126 Å². The molecule has 6 aromatic rings. The van der Waals surface area contributed by atoms with Crippen molar-refractivity contribution in [3.8, 4) is 0 Å². The second kappa shape index (κ2) is 44.9. The van der Waals surface area contributed by atoms with E-state index in [4.69, 9.17) is 45.3 Å². The van der Waals surface area contributed by atoms with E-state index in [1.165, 1.54) is 0 Å². The zero-order valence-corrected chi connectivity index (χ0v) is 85.8. The van der Waals surface area contributed by atoms with Crippen molar-refractivity contribution in [3.05, 3.63) is 403 Å². The molecule has 0 aliphatic heterocycles. The molecule has 0 fully saturated rings. The van der Waals surface area contributed by atoms with Crippen molar-refractivity contribution in [2.45, 2.75) is 104 Å². The van der Waals surface area contributed by atoms with Gasteiger partial charge in [-0.2, -0.15) is 0 Å². The lowest BCUT2D eigenvalue weighted by Gasteiger charge is -2.44. The first-order valence-corrected chi connectivity index (χ1v) is 73.9. The lowest BCUT2D eigenvalue weighted by Crippen LogP contribution is -2.71. The van der Waals surface area contributed by atoms with Crippen LogP contribution in [0.1, 0.15) is 13.8 Å². The highest BCUT2D eigenvalue weighted by Gasteiger charge is 2.56. The summed E-state index contributed by atoms with van der Waals surface area (Å²) < 4.78 is 75.3. The average molecular weight is 1790 g/mol. The zero-order valence-electron chi connectivity index (χ0n) is 70.8. The first kappa shape index (κ1) is 102. The van der Waals surface area contributed by atoms with Gasteiger partial charge in [-0.15, -0.1) is 118 Å². The standard InChI is InChI=1S/C26H34O3Si4.C24H38O3Si4.C24H34O3Si4.C14H24O2Si3/c1-9-31(10-2,11-3)27-30(7,8)28-33(25-21-17-15-18-22-25,26-23-19-16-20-24-26)29-32(12-4,13-5)14-6;2*1-9-29(7,10-2)25-28(5,6)26-31(23-19-15-13-16-20-23,24-21-17-14-18-22-24)27-30(8,11-3)12-4;1-9-18(10-2,11-3)15-17(7,8)16-19(12-4,13-5)14-6/h9-24H,1-6H2,7-8H3;9-10,13-22H,1-2,11-12H2,3-8H3;9-22H,1-4H2,5-8H3;9-14H,1-6H2,7-8H3. The van der Waals surface area contributed by atoms with Crippen LogP contribution >= 0.6 is 0 Å². The van der Waals surface area contributed by atoms with E-state index in [0.717, 1.165) is 43.2 Å². The fourth-order valence-electron chi connectivity index (χ4n) is 12.0. The summed E-state index contributed by atoms with van der Waals surface area (Å²) in [7, 11) is -39.2. The summed E-state index contributed by atoms with van der Waals surface area (Å²) in [6.45, 7) is 101. The Morgan fingerprint density at radius 1 is 0.193 bits per heavy atom. The Kier molecular flexibility index (Phi) is 40.0. The largest absolute Gasteiger partial charge is 0.430 e. The predicted molar refractivity (Wildman–Crippen MR) is 530 cm³/mol. The fraction of sp³-hybridized carbons (Fsp3) is 0.182. The number of hydrogen-bond acceptors (Lipinski definition) is 11. The van der Waals surface area contributed by atoms with Crippen molar-refractivity contribution in [2.24, 2.45) is 0 Å². The van der Waals surface area contributed by atoms with Gasteiger partial charge in [0.1, 0.15) is 0 Å². The molecule has 0 N–H and O–H groups in total. The van der Waals surface area contributed by atoms with E-state index in [-0.39, 0.29) is 0 Å². The summed E-state index contributed by atoms with van der Waals surface area (Å²) in [6.07, 6.45) is 0. The molecule has 608 valence electrons. The van der Waals surface area contributed by atoms with E-state index >= 15 is 0 Å². The van der Waals surface area contributed by atoms with Crippen LogP contribution in [0.5, 0.6) is 0 Å². The van der Waals surface area contributed by atoms with Gasteiger partial charge in [0.15, 0.2) is 8.32 Å². The molecular weight excluding hydrogens is 1650 g/mol. The molecule has 0 radical (unpaired) electrons. The molecule has 0 aromatic heterocycles. The highest BCUT2D eigenvalue weighted by molar-refractivity contribution is 7.07. The minimum Gasteiger partial charge on any atom is -0.430 e. The molecule has 0 atom stereocenters. The van der Waals surface area contributed by atoms with Crippen molar-refractivity contribution >= 4 is 158 Å². The maximum atomic E-state index is 7.29. The van der Waals surface area contributed by atoms with Gasteiger partial charge in [-0.25, -0.2) is 0 Å². The highest BCUT2D eigenvalue weighted by atomic mass is 28.5. The molecule has 0 bridgehead atoms. The SMILES string of the molecule is C=C[Si](C)(C=C)O[Si](C)(C)O[Si](O[Si](C)(C=C)C=C)(c1ccccc1)c1ccccc1.C=C[Si](C)(C=C)O[Si](C)(C)O[Si](O[Si](C)(CC)CC)(c1ccccc1)c1ccccc1.C=C[Si](C=C)(C=C)O[Si](C)(C)O[Si](C=C)(C=C)C=C.C=C[Si](C=C)(C=C)O[Si](C)(C)O[Si](O[Si](C=C)(C=C)C=C)(c1ccccc1)c1ccccc1. The summed E-state index contributed by atoms with van der Waals surface area (Å²) in [6, 6.07) is 63.7. The minimum absolute atomic E-state index is 0.978. The van der Waals surface area contributed by atoms with Crippen molar-refractivity contribution < 1.29 is 45.3 Å². The van der Waals surface area contributed by atoms with Crippen LogP contribution in [0, 0.1) is 0 Å². The number of hydrogen-bond donors (Lipinski definition) is 0. The summed E-state index contributed by atoms with van der Waals surface area (Å²) in [5.74, 6) is 0. The van der Waals surface area contributed by atoms with Gasteiger partial charge in [0.05, 0.1) is 0 Å². The van der Waals surface area contributed by atoms with E-state index in [0.29, 0.717) is 0 Å². The second-order valence-electron chi connectivity index (χ2n) is 29.6. The molecule has 6 rings (SSSR count). The van der Waals surface area contributed by atoms with E-state index in [1.54, 1.807) is 34.2 Å². The Morgan fingerprint density at radius 2 is 0.351 bits per heavy atom. The fourth-order valence-corrected chi connectivity index (χ4v) is 70.6. The normalized spacial score (nSPS) is 12.7. The summed E-state index contributed by atoms with van der Waals surface area (Å²) in [4.78, 5) is 0. The van der Waals surface area contributed by atoms with E-state index in [1.807, 2.05) is 180 Å². The average Bonchev–Trinajstić information content (AvgIpc) is 0.762. The zero-order chi connectivity index (χ0) is 86.1. The van der Waals surface area contributed by atoms with Gasteiger partial charge >= 0.3 is 59.9 Å². The predicted octanol–water partition coefficient (Wildman–Crippen LogP) is 19.9. The molecule has 0 amide bonds. The lowest BCUT2D eigenvalue weighted by atomic mass is 10.4. The van der Waals surface area contributed by atoms with Gasteiger partial charge in [0.25, 0.3) is 33.3 Å². The summed E-state index contributed by atoms with van der Waals surface area (Å²) >= 11 is 0. The highest BCUT2D eigenvalue weighted by Crippen LogP contribution is 2.32. The lowest BCUT2D eigenvalue weighted by molar-refractivity contribution is 0.341. The molecule has 6 aromatic carbocycles. The molecule has 0 saturated heterocycles. The third-order valence-electron chi connectivity index (χ3n) is 19.1. The smallest absolute Gasteiger partial charge is 0.388 e. The molecule has 0 heterocycles. The van der Waals surface area contributed by atoms with Crippen molar-refractivity contribution in [2.75, 3.05) is 0 Å². The number of benzene rings is 6. The molecule has 0 unspecified atom stereocenters. The third-order valence-corrected chi connectivity index (χ3v) is 76.7. The van der Waals surface area contributed by atoms with Crippen LogP contribution < -0.4 is 31.1 Å². The molecule has 11 nitrogen and oxygen atoms in total. The van der Waals surface area contributed by atoms with Crippen LogP contribution in [-0.2, 0) is 45.3 Å². The topological polar surface area (TPSA) is 102 Å². The number of rotatable bonds is 48. The minimum atomic E-state index is -3.32. The van der Waals surface area contributed by atoms with Crippen molar-refractivity contribution in [1.29, 1.82) is 0 Å². The van der Waals surface area contributed by atoms with Crippen LogP contribution in [0.25, 0.3) is 0 Å². The van der Waals surface area contributed by atoms with E-state index in [9.17, 15) is 0 Å². The van der Waals surface area contributed by atoms with Gasteiger partial charge in [0.2, 0.25) is 25.0 Å². The Labute approximate surface area is 704 Å². The first-order chi connectivity index (χ1) is 53.6. The molecule has 26 heteroatoms. The Morgan fingerprint density at radius 3 is 0.535 bits per heavy atom. The van der Waals surface area contributed by atoms with Gasteiger partial charge in [-0.1, -0.05) is 298 Å². The summed E-state index contributed by atoms with van der Waals surface area (Å²) in [5, 5.41) is 6.29. The monoisotopic (exact) mass is 1780 g/mol. The van der Waals surface area contributed by atoms with Gasteiger partial charge in [-0.05, 0) is 122 Å². The van der Waals surface area contributed by atoms with Crippen LogP contribution in [0.4, 0.5) is 0 Å². The molecule has 0 aliphatic carbocycles. The molecule has 0 spiro atoms. The van der Waals surface area contributed by atoms with Crippen molar-refractivity contribution in [1.82, 2.24) is 0 Å². The first-order valence-electron chi connectivity index (χ1n) is 38.1. The van der Waals surface area contributed by atoms with Gasteiger partial charge in [0, 0.05) is 0 Å². The van der Waals surface area contributed by atoms with Gasteiger partial charge < -0.3 is 45.3 Å². The Bertz CT molecular complexity index is 3950. The van der Waals surface area contributed by atoms with E-state index in [2.05, 4.69) is 282 Å². The third kappa shape index (κ3) is 27.8. The maximum absolute atomic E-state index is 7.29.